The first-order valence-corrected chi connectivity index (χ1v) is 9.48. The number of benzene rings is 1. The number of halogens is 1. The second-order valence-electron chi connectivity index (χ2n) is 5.28. The summed E-state index contributed by atoms with van der Waals surface area (Å²) in [5.74, 6) is 0. The van der Waals surface area contributed by atoms with Crippen molar-refractivity contribution in [3.8, 4) is 0 Å². The van der Waals surface area contributed by atoms with Crippen molar-refractivity contribution in [2.75, 3.05) is 0 Å². The van der Waals surface area contributed by atoms with Crippen LogP contribution in [0.5, 0.6) is 0 Å². The summed E-state index contributed by atoms with van der Waals surface area (Å²) in [7, 11) is -3.83. The minimum atomic E-state index is -3.83. The van der Waals surface area contributed by atoms with Crippen molar-refractivity contribution >= 4 is 26.0 Å². The Labute approximate surface area is 148 Å². The van der Waals surface area contributed by atoms with Gasteiger partial charge in [-0.15, -0.1) is 0 Å². The summed E-state index contributed by atoms with van der Waals surface area (Å²) in [5, 5.41) is -0.150. The number of rotatable bonds is 5. The summed E-state index contributed by atoms with van der Waals surface area (Å²) in [5.41, 5.74) is 2.45. The third kappa shape index (κ3) is 3.75. The highest BCUT2D eigenvalue weighted by Crippen LogP contribution is 2.25. The number of sulfonamides is 1. The molecule has 124 valence electrons. The smallest absolute Gasteiger partial charge is 0.274 e. The van der Waals surface area contributed by atoms with Gasteiger partial charge in [-0.3, -0.25) is 4.98 Å². The Balaban J connectivity index is 2.03. The van der Waals surface area contributed by atoms with Crippen LogP contribution in [-0.2, 0) is 10.0 Å². The van der Waals surface area contributed by atoms with Gasteiger partial charge in [0.2, 0.25) is 5.09 Å². The second-order valence-corrected chi connectivity index (χ2v) is 7.71. The van der Waals surface area contributed by atoms with Crippen molar-refractivity contribution in [1.82, 2.24) is 9.71 Å². The van der Waals surface area contributed by atoms with Gasteiger partial charge >= 0.3 is 0 Å². The highest BCUT2D eigenvalue weighted by molar-refractivity contribution is 9.10. The Bertz CT molecular complexity index is 939. The minimum Gasteiger partial charge on any atom is -0.437 e. The first-order valence-electron chi connectivity index (χ1n) is 7.21. The molecule has 2 heterocycles. The predicted molar refractivity (Wildman–Crippen MR) is 94.0 cm³/mol. The molecule has 0 radical (unpaired) electrons. The molecule has 0 spiro atoms. The highest BCUT2D eigenvalue weighted by Gasteiger charge is 2.26. The van der Waals surface area contributed by atoms with E-state index in [1.54, 1.807) is 18.3 Å². The quantitative estimate of drug-likeness (QED) is 0.698. The monoisotopic (exact) mass is 406 g/mol. The maximum Gasteiger partial charge on any atom is 0.274 e. The molecule has 1 atom stereocenters. The van der Waals surface area contributed by atoms with E-state index in [2.05, 4.69) is 25.6 Å². The number of hydrogen-bond donors (Lipinski definition) is 1. The van der Waals surface area contributed by atoms with Crippen molar-refractivity contribution < 1.29 is 12.8 Å². The van der Waals surface area contributed by atoms with E-state index in [0.717, 1.165) is 11.1 Å². The van der Waals surface area contributed by atoms with E-state index >= 15 is 0 Å². The summed E-state index contributed by atoms with van der Waals surface area (Å²) < 4.78 is 33.5. The zero-order valence-electron chi connectivity index (χ0n) is 12.8. The number of aromatic nitrogens is 1. The first-order chi connectivity index (χ1) is 11.5. The van der Waals surface area contributed by atoms with Crippen LogP contribution in [0.2, 0.25) is 0 Å². The van der Waals surface area contributed by atoms with Crippen LogP contribution in [0.4, 0.5) is 0 Å². The van der Waals surface area contributed by atoms with Crippen molar-refractivity contribution in [1.29, 1.82) is 0 Å². The molecular formula is C17H15BrN2O3S. The number of nitrogens with zero attached hydrogens (tertiary/aromatic N) is 1. The molecule has 0 bridgehead atoms. The fraction of sp³-hybridized carbons (Fsp3) is 0.118. The standard InChI is InChI=1S/C17H15BrN2O3S/c1-12-5-4-6-13(11-12)17(14-7-2-3-10-19-14)20-24(21,22)16-9-8-15(18)23-16/h2-11,17,20H,1H3. The van der Waals surface area contributed by atoms with Gasteiger partial charge in [0, 0.05) is 6.20 Å². The van der Waals surface area contributed by atoms with Crippen molar-refractivity contribution in [2.24, 2.45) is 0 Å². The van der Waals surface area contributed by atoms with Crippen LogP contribution >= 0.6 is 15.9 Å². The van der Waals surface area contributed by atoms with Gasteiger partial charge < -0.3 is 4.42 Å². The number of nitrogens with one attached hydrogen (secondary N) is 1. The third-order valence-corrected chi connectivity index (χ3v) is 5.17. The minimum absolute atomic E-state index is 0.150. The number of furan rings is 1. The van der Waals surface area contributed by atoms with Gasteiger partial charge in [-0.1, -0.05) is 35.9 Å². The summed E-state index contributed by atoms with van der Waals surface area (Å²) in [6.45, 7) is 1.96. The van der Waals surface area contributed by atoms with Crippen LogP contribution in [0.3, 0.4) is 0 Å². The molecule has 2 aromatic heterocycles. The molecule has 3 aromatic rings. The molecule has 0 aliphatic heterocycles. The lowest BCUT2D eigenvalue weighted by Crippen LogP contribution is -2.29. The molecule has 3 rings (SSSR count). The van der Waals surface area contributed by atoms with Gasteiger partial charge in [0.1, 0.15) is 0 Å². The lowest BCUT2D eigenvalue weighted by Gasteiger charge is -2.18. The number of aryl methyl sites for hydroxylation is 1. The van der Waals surface area contributed by atoms with Crippen LogP contribution in [-0.4, -0.2) is 13.4 Å². The van der Waals surface area contributed by atoms with Crippen LogP contribution in [0.25, 0.3) is 0 Å². The van der Waals surface area contributed by atoms with Gasteiger partial charge in [-0.2, -0.15) is 4.72 Å². The molecule has 7 heteroatoms. The summed E-state index contributed by atoms with van der Waals surface area (Å²) in [6.07, 6.45) is 1.63. The van der Waals surface area contributed by atoms with E-state index in [1.165, 1.54) is 12.1 Å². The fourth-order valence-corrected chi connectivity index (χ4v) is 3.89. The number of pyridine rings is 1. The molecular weight excluding hydrogens is 392 g/mol. The Morgan fingerprint density at radius 2 is 1.96 bits per heavy atom. The van der Waals surface area contributed by atoms with E-state index in [0.29, 0.717) is 10.4 Å². The lowest BCUT2D eigenvalue weighted by atomic mass is 10.0. The number of hydrogen-bond acceptors (Lipinski definition) is 4. The lowest BCUT2D eigenvalue weighted by molar-refractivity contribution is 0.426. The Kier molecular flexibility index (Phi) is 4.84. The average Bonchev–Trinajstić information content (AvgIpc) is 3.01. The first kappa shape index (κ1) is 16.9. The summed E-state index contributed by atoms with van der Waals surface area (Å²) in [6, 6.07) is 15.4. The zero-order chi connectivity index (χ0) is 17.2. The van der Waals surface area contributed by atoms with Crippen molar-refractivity contribution in [2.45, 2.75) is 18.1 Å². The van der Waals surface area contributed by atoms with Gasteiger partial charge in [-0.05, 0) is 52.7 Å². The zero-order valence-corrected chi connectivity index (χ0v) is 15.2. The molecule has 0 saturated heterocycles. The molecule has 0 fully saturated rings. The topological polar surface area (TPSA) is 72.2 Å². The molecule has 0 aliphatic rings. The van der Waals surface area contributed by atoms with E-state index in [1.807, 2.05) is 37.3 Å². The Morgan fingerprint density at radius 1 is 1.12 bits per heavy atom. The van der Waals surface area contributed by atoms with Crippen LogP contribution < -0.4 is 4.72 Å². The average molecular weight is 407 g/mol. The highest BCUT2D eigenvalue weighted by atomic mass is 79.9. The normalized spacial score (nSPS) is 12.9. The van der Waals surface area contributed by atoms with E-state index < -0.39 is 16.1 Å². The third-order valence-electron chi connectivity index (χ3n) is 3.45. The molecule has 1 N–H and O–H groups in total. The molecule has 0 aliphatic carbocycles. The van der Waals surface area contributed by atoms with E-state index in [9.17, 15) is 8.42 Å². The summed E-state index contributed by atoms with van der Waals surface area (Å²) in [4.78, 5) is 4.30. The molecule has 0 amide bonds. The van der Waals surface area contributed by atoms with Gasteiger partial charge in [0.25, 0.3) is 10.0 Å². The molecule has 5 nitrogen and oxygen atoms in total. The molecule has 1 aromatic carbocycles. The van der Waals surface area contributed by atoms with E-state index in [-0.39, 0.29) is 5.09 Å². The largest absolute Gasteiger partial charge is 0.437 e. The SMILES string of the molecule is Cc1cccc(C(NS(=O)(=O)c2ccc(Br)o2)c2ccccn2)c1. The van der Waals surface area contributed by atoms with Crippen molar-refractivity contribution in [3.63, 3.8) is 0 Å². The van der Waals surface area contributed by atoms with Crippen LogP contribution in [0.15, 0.2) is 75.0 Å². The molecule has 24 heavy (non-hydrogen) atoms. The van der Waals surface area contributed by atoms with Crippen LogP contribution in [0.1, 0.15) is 22.9 Å². The predicted octanol–water partition coefficient (Wildman–Crippen LogP) is 3.81. The van der Waals surface area contributed by atoms with E-state index in [4.69, 9.17) is 4.42 Å². The fourth-order valence-electron chi connectivity index (χ4n) is 2.35. The van der Waals surface area contributed by atoms with Gasteiger partial charge in [0.15, 0.2) is 4.67 Å². The van der Waals surface area contributed by atoms with Gasteiger partial charge in [0.05, 0.1) is 11.7 Å². The Morgan fingerprint density at radius 3 is 2.58 bits per heavy atom. The van der Waals surface area contributed by atoms with Gasteiger partial charge in [-0.25, -0.2) is 8.42 Å². The second kappa shape index (κ2) is 6.88. The maximum atomic E-state index is 12.6. The maximum absolute atomic E-state index is 12.6. The van der Waals surface area contributed by atoms with Crippen molar-refractivity contribution in [3.05, 3.63) is 82.3 Å². The van der Waals surface area contributed by atoms with Crippen LogP contribution in [0, 0.1) is 6.92 Å². The Hall–Kier alpha value is -1.96. The molecule has 0 saturated carbocycles. The summed E-state index contributed by atoms with van der Waals surface area (Å²) >= 11 is 3.12. The molecule has 1 unspecified atom stereocenters.